The van der Waals surface area contributed by atoms with Crippen molar-refractivity contribution in [3.8, 4) is 11.1 Å². The Labute approximate surface area is 194 Å². The molecule has 3 rings (SSSR count). The number of nitrogens with one attached hydrogen (secondary N) is 1. The number of rotatable bonds is 11. The monoisotopic (exact) mass is 457 g/mol. The summed E-state index contributed by atoms with van der Waals surface area (Å²) in [5, 5.41) is 13.1. The van der Waals surface area contributed by atoms with Crippen molar-refractivity contribution >= 4 is 21.6 Å². The molecule has 174 valence electrons. The minimum atomic E-state index is -0.589. The summed E-state index contributed by atoms with van der Waals surface area (Å²) in [6, 6.07) is 8.08. The summed E-state index contributed by atoms with van der Waals surface area (Å²) in [6.07, 6.45) is 0.491. The number of hydrogen-bond donors (Lipinski definition) is 2. The van der Waals surface area contributed by atoms with E-state index in [-0.39, 0.29) is 11.7 Å². The average molecular weight is 458 g/mol. The number of thiophene rings is 1. The fraction of sp³-hybridized carbons (Fsp3) is 0.520. The SMILES string of the molecule is Cc1ccccc1-c1csc2nc(CN(CCC(C)C)CC(O)COC(C)C)[nH]c(=O)c12. The van der Waals surface area contributed by atoms with Gasteiger partial charge in [0.15, 0.2) is 0 Å². The van der Waals surface area contributed by atoms with Gasteiger partial charge in [0.25, 0.3) is 5.56 Å². The zero-order chi connectivity index (χ0) is 23.3. The van der Waals surface area contributed by atoms with Gasteiger partial charge in [0.05, 0.1) is 30.7 Å². The minimum Gasteiger partial charge on any atom is -0.389 e. The Bertz CT molecular complexity index is 1070. The highest BCUT2D eigenvalue weighted by Crippen LogP contribution is 2.32. The molecule has 3 aromatic rings. The van der Waals surface area contributed by atoms with Crippen LogP contribution in [0.15, 0.2) is 34.4 Å². The maximum atomic E-state index is 13.0. The number of aromatic amines is 1. The normalized spacial score (nSPS) is 13.0. The highest BCUT2D eigenvalue weighted by molar-refractivity contribution is 7.17. The molecule has 0 spiro atoms. The molecule has 2 N–H and O–H groups in total. The van der Waals surface area contributed by atoms with Gasteiger partial charge in [0.2, 0.25) is 0 Å². The van der Waals surface area contributed by atoms with E-state index in [1.807, 2.05) is 37.4 Å². The number of hydrogen-bond acceptors (Lipinski definition) is 6. The van der Waals surface area contributed by atoms with Crippen LogP contribution in [0, 0.1) is 12.8 Å². The fourth-order valence-corrected chi connectivity index (χ4v) is 4.64. The number of H-pyrrole nitrogens is 1. The largest absolute Gasteiger partial charge is 0.389 e. The smallest absolute Gasteiger partial charge is 0.260 e. The zero-order valence-corrected chi connectivity index (χ0v) is 20.5. The third-order valence-electron chi connectivity index (χ3n) is 5.42. The second kappa shape index (κ2) is 11.2. The first kappa shape index (κ1) is 24.6. The molecule has 2 heterocycles. The molecule has 0 aliphatic rings. The summed E-state index contributed by atoms with van der Waals surface area (Å²) in [6.45, 7) is 12.4. The van der Waals surface area contributed by atoms with Crippen LogP contribution in [-0.2, 0) is 11.3 Å². The summed E-state index contributed by atoms with van der Waals surface area (Å²) in [5.74, 6) is 1.17. The number of benzene rings is 1. The third-order valence-corrected chi connectivity index (χ3v) is 6.29. The quantitative estimate of drug-likeness (QED) is 0.440. The first-order chi connectivity index (χ1) is 15.2. The van der Waals surface area contributed by atoms with E-state index in [0.717, 1.165) is 34.5 Å². The van der Waals surface area contributed by atoms with Crippen LogP contribution in [0.1, 0.15) is 45.5 Å². The second-order valence-corrected chi connectivity index (χ2v) is 9.97. The van der Waals surface area contributed by atoms with Gasteiger partial charge in [0.1, 0.15) is 10.7 Å². The molecule has 7 heteroatoms. The second-order valence-electron chi connectivity index (χ2n) is 9.11. The lowest BCUT2D eigenvalue weighted by Gasteiger charge is -2.25. The van der Waals surface area contributed by atoms with Gasteiger partial charge in [-0.2, -0.15) is 0 Å². The van der Waals surface area contributed by atoms with Crippen LogP contribution in [0.4, 0.5) is 0 Å². The molecule has 0 saturated heterocycles. The standard InChI is InChI=1S/C25H35N3O3S/c1-16(2)10-11-28(12-19(29)14-31-17(3)4)13-22-26-24(30)23-21(15-32-25(23)27-22)20-9-7-6-8-18(20)5/h6-9,15-17,19,29H,10-14H2,1-5H3,(H,26,27,30). The molecule has 1 atom stereocenters. The molecule has 6 nitrogen and oxygen atoms in total. The molecule has 0 fully saturated rings. The first-order valence-corrected chi connectivity index (χ1v) is 12.2. The average Bonchev–Trinajstić information content (AvgIpc) is 3.15. The van der Waals surface area contributed by atoms with Gasteiger partial charge in [0, 0.05) is 17.5 Å². The van der Waals surface area contributed by atoms with Crippen molar-refractivity contribution in [1.82, 2.24) is 14.9 Å². The lowest BCUT2D eigenvalue weighted by atomic mass is 10.0. The van der Waals surface area contributed by atoms with Crippen LogP contribution in [0.25, 0.3) is 21.3 Å². The van der Waals surface area contributed by atoms with E-state index in [1.165, 1.54) is 11.3 Å². The van der Waals surface area contributed by atoms with Gasteiger partial charge in [-0.3, -0.25) is 9.69 Å². The molecule has 0 aliphatic carbocycles. The zero-order valence-electron chi connectivity index (χ0n) is 19.7. The number of fused-ring (bicyclic) bond motifs is 1. The molecular weight excluding hydrogens is 422 g/mol. The summed E-state index contributed by atoms with van der Waals surface area (Å²) in [4.78, 5) is 23.7. The predicted octanol–water partition coefficient (Wildman–Crippen LogP) is 4.59. The van der Waals surface area contributed by atoms with E-state index in [4.69, 9.17) is 9.72 Å². The van der Waals surface area contributed by atoms with E-state index in [1.54, 1.807) is 0 Å². The summed E-state index contributed by atoms with van der Waals surface area (Å²) >= 11 is 1.50. The topological polar surface area (TPSA) is 78.5 Å². The van der Waals surface area contributed by atoms with Crippen LogP contribution < -0.4 is 5.56 Å². The van der Waals surface area contributed by atoms with Crippen molar-refractivity contribution in [2.45, 2.75) is 59.8 Å². The number of aliphatic hydroxyl groups is 1. The Balaban J connectivity index is 1.83. The number of aliphatic hydroxyl groups excluding tert-OH is 1. The van der Waals surface area contributed by atoms with Crippen LogP contribution >= 0.6 is 11.3 Å². The van der Waals surface area contributed by atoms with Gasteiger partial charge in [-0.15, -0.1) is 11.3 Å². The number of aromatic nitrogens is 2. The lowest BCUT2D eigenvalue weighted by Crippen LogP contribution is -2.37. The Kier molecular flexibility index (Phi) is 8.59. The van der Waals surface area contributed by atoms with Crippen molar-refractivity contribution in [3.63, 3.8) is 0 Å². The summed E-state index contributed by atoms with van der Waals surface area (Å²) < 4.78 is 5.56. The Morgan fingerprint density at radius 3 is 2.62 bits per heavy atom. The van der Waals surface area contributed by atoms with E-state index in [2.05, 4.69) is 36.7 Å². The van der Waals surface area contributed by atoms with Gasteiger partial charge in [-0.25, -0.2) is 4.98 Å². The number of aryl methyl sites for hydroxylation is 1. The van der Waals surface area contributed by atoms with E-state index in [0.29, 0.717) is 36.8 Å². The predicted molar refractivity (Wildman–Crippen MR) is 132 cm³/mol. The lowest BCUT2D eigenvalue weighted by molar-refractivity contribution is -0.0103. The summed E-state index contributed by atoms with van der Waals surface area (Å²) in [7, 11) is 0. The molecule has 0 amide bonds. The Hall–Kier alpha value is -2.06. The molecule has 1 unspecified atom stereocenters. The molecule has 2 aromatic heterocycles. The van der Waals surface area contributed by atoms with Crippen molar-refractivity contribution < 1.29 is 9.84 Å². The molecular formula is C25H35N3O3S. The van der Waals surface area contributed by atoms with Crippen molar-refractivity contribution in [3.05, 3.63) is 51.4 Å². The van der Waals surface area contributed by atoms with Gasteiger partial charge in [-0.05, 0) is 50.8 Å². The maximum absolute atomic E-state index is 13.0. The van der Waals surface area contributed by atoms with E-state index >= 15 is 0 Å². The highest BCUT2D eigenvalue weighted by Gasteiger charge is 2.18. The Morgan fingerprint density at radius 1 is 1.19 bits per heavy atom. The van der Waals surface area contributed by atoms with Crippen molar-refractivity contribution in [1.29, 1.82) is 0 Å². The third kappa shape index (κ3) is 6.48. The molecule has 0 saturated carbocycles. The molecule has 32 heavy (non-hydrogen) atoms. The number of nitrogens with zero attached hydrogens (tertiary/aromatic N) is 2. The van der Waals surface area contributed by atoms with Crippen molar-refractivity contribution in [2.24, 2.45) is 5.92 Å². The van der Waals surface area contributed by atoms with E-state index < -0.39 is 6.10 Å². The van der Waals surface area contributed by atoms with Crippen molar-refractivity contribution in [2.75, 3.05) is 19.7 Å². The molecule has 0 radical (unpaired) electrons. The molecule has 0 aliphatic heterocycles. The van der Waals surface area contributed by atoms with Crippen LogP contribution in [0.3, 0.4) is 0 Å². The van der Waals surface area contributed by atoms with E-state index in [9.17, 15) is 9.90 Å². The van der Waals surface area contributed by atoms with Gasteiger partial charge in [-0.1, -0.05) is 38.1 Å². The number of ether oxygens (including phenoxy) is 1. The van der Waals surface area contributed by atoms with Crippen LogP contribution in [0.5, 0.6) is 0 Å². The molecule has 0 bridgehead atoms. The van der Waals surface area contributed by atoms with Gasteiger partial charge < -0.3 is 14.8 Å². The highest BCUT2D eigenvalue weighted by atomic mass is 32.1. The molecule has 1 aromatic carbocycles. The minimum absolute atomic E-state index is 0.0791. The Morgan fingerprint density at radius 2 is 1.94 bits per heavy atom. The van der Waals surface area contributed by atoms with Gasteiger partial charge >= 0.3 is 0 Å². The fourth-order valence-electron chi connectivity index (χ4n) is 3.68. The van der Waals surface area contributed by atoms with Crippen LogP contribution in [0.2, 0.25) is 0 Å². The first-order valence-electron chi connectivity index (χ1n) is 11.3. The maximum Gasteiger partial charge on any atom is 0.260 e. The summed E-state index contributed by atoms with van der Waals surface area (Å²) in [5.41, 5.74) is 3.01. The van der Waals surface area contributed by atoms with Crippen LogP contribution in [-0.4, -0.2) is 51.9 Å².